The second-order valence-electron chi connectivity index (χ2n) is 9.09. The molecule has 2 aromatic carbocycles. The molecule has 2 amide bonds. The molecule has 0 saturated carbocycles. The van der Waals surface area contributed by atoms with Crippen molar-refractivity contribution < 1.29 is 14.3 Å². The van der Waals surface area contributed by atoms with E-state index in [4.69, 9.17) is 4.74 Å². The molecule has 1 aliphatic heterocycles. The minimum absolute atomic E-state index is 0.00377. The van der Waals surface area contributed by atoms with E-state index < -0.39 is 6.04 Å². The third-order valence-electron chi connectivity index (χ3n) is 6.47. The van der Waals surface area contributed by atoms with Crippen LogP contribution in [0.3, 0.4) is 0 Å². The van der Waals surface area contributed by atoms with Crippen LogP contribution in [0.2, 0.25) is 0 Å². The number of anilines is 1. The minimum atomic E-state index is -0.823. The summed E-state index contributed by atoms with van der Waals surface area (Å²) in [5.74, 6) is -0.479. The van der Waals surface area contributed by atoms with E-state index in [2.05, 4.69) is 15.6 Å². The number of para-hydroxylation sites is 1. The summed E-state index contributed by atoms with van der Waals surface area (Å²) in [6.45, 7) is 5.05. The molecule has 5 rings (SSSR count). The van der Waals surface area contributed by atoms with Crippen LogP contribution in [0.25, 0.3) is 11.0 Å². The number of carbonyl (C=O) groups excluding carboxylic acids is 2. The molecule has 0 aliphatic carbocycles. The third kappa shape index (κ3) is 5.03. The highest BCUT2D eigenvalue weighted by Gasteiger charge is 2.35. The minimum Gasteiger partial charge on any atom is -0.376 e. The number of aryl methyl sites for hydroxylation is 2. The normalized spacial score (nSPS) is 16.2. The van der Waals surface area contributed by atoms with Crippen LogP contribution in [0.5, 0.6) is 0 Å². The highest BCUT2D eigenvalue weighted by Crippen LogP contribution is 2.34. The molecule has 186 valence electrons. The zero-order valence-corrected chi connectivity index (χ0v) is 21.2. The number of carbonyl (C=O) groups is 2. The quantitative estimate of drug-likeness (QED) is 0.390. The van der Waals surface area contributed by atoms with Gasteiger partial charge in [0.05, 0.1) is 11.6 Å². The number of fused-ring (bicyclic) bond motifs is 1. The highest BCUT2D eigenvalue weighted by molar-refractivity contribution is 7.10. The van der Waals surface area contributed by atoms with E-state index in [9.17, 15) is 9.59 Å². The van der Waals surface area contributed by atoms with Crippen molar-refractivity contribution in [3.8, 4) is 0 Å². The smallest absolute Gasteiger partial charge is 0.249 e. The summed E-state index contributed by atoms with van der Waals surface area (Å²) in [7, 11) is 0. The fraction of sp³-hybridized carbons (Fsp3) is 0.333. The topological polar surface area (TPSA) is 89.4 Å². The van der Waals surface area contributed by atoms with Gasteiger partial charge in [0, 0.05) is 23.7 Å². The Morgan fingerprint density at radius 1 is 1.17 bits per heavy atom. The molecule has 36 heavy (non-hydrogen) atoms. The fourth-order valence-corrected chi connectivity index (χ4v) is 5.53. The van der Waals surface area contributed by atoms with E-state index in [0.29, 0.717) is 24.4 Å². The third-order valence-corrected chi connectivity index (χ3v) is 7.54. The van der Waals surface area contributed by atoms with Gasteiger partial charge in [0.15, 0.2) is 0 Å². The first-order valence-corrected chi connectivity index (χ1v) is 13.0. The molecule has 0 bridgehead atoms. The Morgan fingerprint density at radius 2 is 1.97 bits per heavy atom. The zero-order chi connectivity index (χ0) is 25.1. The standard InChI is InChI=1S/C27H29N5O3S/c1-18-9-11-20(12-10-18)32(24(33)17-31-23-8-4-3-7-22(23)29-30-31)25(26-19(2)13-15-36-26)27(34)28-16-21-6-5-14-35-21/h3-4,7-13,15,21,25H,5-6,14,16-17H2,1-2H3,(H,28,34)/t21-,25-/m1/s1. The maximum atomic E-state index is 14.0. The highest BCUT2D eigenvalue weighted by atomic mass is 32.1. The molecule has 8 nitrogen and oxygen atoms in total. The van der Waals surface area contributed by atoms with Crippen LogP contribution in [-0.4, -0.2) is 46.1 Å². The first kappa shape index (κ1) is 24.1. The number of aromatic nitrogens is 3. The summed E-state index contributed by atoms with van der Waals surface area (Å²) in [4.78, 5) is 30.2. The number of amides is 2. The number of hydrogen-bond donors (Lipinski definition) is 1. The summed E-state index contributed by atoms with van der Waals surface area (Å²) in [6, 6.07) is 16.3. The Labute approximate surface area is 213 Å². The predicted octanol–water partition coefficient (Wildman–Crippen LogP) is 4.18. The summed E-state index contributed by atoms with van der Waals surface area (Å²) >= 11 is 1.48. The van der Waals surface area contributed by atoms with E-state index >= 15 is 0 Å². The average Bonchev–Trinajstić information content (AvgIpc) is 3.64. The first-order valence-electron chi connectivity index (χ1n) is 12.1. The number of nitrogens with one attached hydrogen (secondary N) is 1. The first-order chi connectivity index (χ1) is 17.5. The van der Waals surface area contributed by atoms with E-state index in [1.54, 1.807) is 9.58 Å². The molecule has 0 radical (unpaired) electrons. The van der Waals surface area contributed by atoms with Crippen LogP contribution in [0.1, 0.15) is 34.9 Å². The van der Waals surface area contributed by atoms with Crippen LogP contribution in [0.4, 0.5) is 5.69 Å². The molecule has 0 unspecified atom stereocenters. The molecular weight excluding hydrogens is 474 g/mol. The van der Waals surface area contributed by atoms with Crippen LogP contribution < -0.4 is 10.2 Å². The lowest BCUT2D eigenvalue weighted by Crippen LogP contribution is -2.46. The molecule has 1 saturated heterocycles. The maximum absolute atomic E-state index is 14.0. The Balaban J connectivity index is 1.52. The van der Waals surface area contributed by atoms with Gasteiger partial charge in [0.1, 0.15) is 18.1 Å². The maximum Gasteiger partial charge on any atom is 0.249 e. The summed E-state index contributed by atoms with van der Waals surface area (Å²) in [5.41, 5.74) is 4.17. The monoisotopic (exact) mass is 503 g/mol. The van der Waals surface area contributed by atoms with Crippen LogP contribution >= 0.6 is 11.3 Å². The number of thiophene rings is 1. The van der Waals surface area contributed by atoms with Crippen molar-refractivity contribution in [2.24, 2.45) is 0 Å². The van der Waals surface area contributed by atoms with Crippen LogP contribution in [-0.2, 0) is 20.9 Å². The van der Waals surface area contributed by atoms with Gasteiger partial charge in [-0.3, -0.25) is 14.5 Å². The van der Waals surface area contributed by atoms with Crippen molar-refractivity contribution in [2.45, 2.75) is 45.4 Å². The van der Waals surface area contributed by atoms with Crippen molar-refractivity contribution >= 4 is 39.9 Å². The molecule has 0 spiro atoms. The zero-order valence-electron chi connectivity index (χ0n) is 20.4. The second-order valence-corrected chi connectivity index (χ2v) is 10.0. The Kier molecular flexibility index (Phi) is 7.11. The second kappa shape index (κ2) is 10.6. The van der Waals surface area contributed by atoms with Gasteiger partial charge in [0.25, 0.3) is 0 Å². The van der Waals surface area contributed by atoms with Gasteiger partial charge in [0.2, 0.25) is 11.8 Å². The van der Waals surface area contributed by atoms with Gasteiger partial charge < -0.3 is 10.1 Å². The lowest BCUT2D eigenvalue weighted by molar-refractivity contribution is -0.127. The van der Waals surface area contributed by atoms with Crippen LogP contribution in [0.15, 0.2) is 60.0 Å². The number of hydrogen-bond acceptors (Lipinski definition) is 6. The lowest BCUT2D eigenvalue weighted by atomic mass is 10.1. The molecule has 9 heteroatoms. The average molecular weight is 504 g/mol. The van der Waals surface area contributed by atoms with Gasteiger partial charge in [-0.05, 0) is 68.0 Å². The van der Waals surface area contributed by atoms with E-state index in [-0.39, 0.29) is 24.5 Å². The number of ether oxygens (including phenoxy) is 1. The Bertz CT molecular complexity index is 1360. The summed E-state index contributed by atoms with van der Waals surface area (Å²) in [5, 5.41) is 13.4. The predicted molar refractivity (Wildman–Crippen MR) is 140 cm³/mol. The summed E-state index contributed by atoms with van der Waals surface area (Å²) in [6.07, 6.45) is 1.92. The molecule has 2 atom stereocenters. The van der Waals surface area contributed by atoms with Crippen LogP contribution in [0, 0.1) is 13.8 Å². The SMILES string of the molecule is Cc1ccc(N(C(=O)Cn2nnc3ccccc32)[C@@H](C(=O)NC[C@H]2CCCO2)c2sccc2C)cc1. The molecule has 1 fully saturated rings. The van der Waals surface area contributed by atoms with Crippen molar-refractivity contribution in [1.29, 1.82) is 0 Å². The largest absolute Gasteiger partial charge is 0.376 e. The lowest BCUT2D eigenvalue weighted by Gasteiger charge is -2.31. The van der Waals surface area contributed by atoms with Gasteiger partial charge in [-0.1, -0.05) is 35.0 Å². The number of nitrogens with zero attached hydrogens (tertiary/aromatic N) is 4. The van der Waals surface area contributed by atoms with E-state index in [1.807, 2.05) is 73.8 Å². The van der Waals surface area contributed by atoms with E-state index in [1.165, 1.54) is 11.3 Å². The van der Waals surface area contributed by atoms with Crippen molar-refractivity contribution in [2.75, 3.05) is 18.1 Å². The molecule has 1 N–H and O–H groups in total. The molecule has 2 aromatic heterocycles. The van der Waals surface area contributed by atoms with Gasteiger partial charge in [-0.25, -0.2) is 4.68 Å². The molecule has 1 aliphatic rings. The molecule has 3 heterocycles. The van der Waals surface area contributed by atoms with Gasteiger partial charge >= 0.3 is 0 Å². The van der Waals surface area contributed by atoms with Crippen molar-refractivity contribution in [3.63, 3.8) is 0 Å². The molecular formula is C27H29N5O3S. The number of rotatable bonds is 8. The van der Waals surface area contributed by atoms with E-state index in [0.717, 1.165) is 34.4 Å². The number of benzene rings is 2. The Hall–Kier alpha value is -3.56. The molecule has 4 aromatic rings. The summed E-state index contributed by atoms with van der Waals surface area (Å²) < 4.78 is 7.29. The van der Waals surface area contributed by atoms with Crippen molar-refractivity contribution in [1.82, 2.24) is 20.3 Å². The van der Waals surface area contributed by atoms with Gasteiger partial charge in [-0.15, -0.1) is 16.4 Å². The Morgan fingerprint density at radius 3 is 2.69 bits per heavy atom. The van der Waals surface area contributed by atoms with Gasteiger partial charge in [-0.2, -0.15) is 0 Å². The van der Waals surface area contributed by atoms with Crippen molar-refractivity contribution in [3.05, 3.63) is 76.0 Å². The fourth-order valence-electron chi connectivity index (χ4n) is 4.52.